The van der Waals surface area contributed by atoms with E-state index in [-0.39, 0.29) is 5.69 Å². The molecule has 2 atom stereocenters. The Kier molecular flexibility index (Phi) is 4.66. The van der Waals surface area contributed by atoms with E-state index in [9.17, 15) is 9.59 Å². The fraction of sp³-hybridized carbons (Fsp3) is 0.278. The number of aromatic nitrogens is 4. The molecule has 8 heteroatoms. The summed E-state index contributed by atoms with van der Waals surface area (Å²) >= 11 is 0. The van der Waals surface area contributed by atoms with Gasteiger partial charge < -0.3 is 10.4 Å². The number of amides is 1. The minimum Gasteiger partial charge on any atom is -0.481 e. The number of hydrogen-bond donors (Lipinski definition) is 2. The third kappa shape index (κ3) is 3.13. The molecule has 0 bridgehead atoms. The molecule has 0 aliphatic carbocycles. The lowest BCUT2D eigenvalue weighted by Crippen LogP contribution is -2.40. The number of carbonyl (C=O) groups is 2. The highest BCUT2D eigenvalue weighted by atomic mass is 16.4. The fourth-order valence-electron chi connectivity index (χ4n) is 2.65. The molecule has 1 aromatic carbocycles. The molecule has 0 saturated carbocycles. The van der Waals surface area contributed by atoms with Crippen molar-refractivity contribution in [2.45, 2.75) is 26.8 Å². The van der Waals surface area contributed by atoms with Crippen molar-refractivity contribution < 1.29 is 14.7 Å². The highest BCUT2D eigenvalue weighted by Crippen LogP contribution is 2.21. The molecule has 2 unspecified atom stereocenters. The summed E-state index contributed by atoms with van der Waals surface area (Å²) in [6.45, 7) is 4.93. The SMILES string of the molecule is Cc1c(C(=O)NC(C)C(C)C(=O)O)nnn1-c1cccc2ncccc12. The predicted octanol–water partition coefficient (Wildman–Crippen LogP) is 1.96. The summed E-state index contributed by atoms with van der Waals surface area (Å²) in [5, 5.41) is 20.7. The maximum atomic E-state index is 12.5. The van der Waals surface area contributed by atoms with E-state index < -0.39 is 23.8 Å². The highest BCUT2D eigenvalue weighted by Gasteiger charge is 2.24. The summed E-state index contributed by atoms with van der Waals surface area (Å²) in [6.07, 6.45) is 1.71. The van der Waals surface area contributed by atoms with Gasteiger partial charge in [0.1, 0.15) is 0 Å². The summed E-state index contributed by atoms with van der Waals surface area (Å²) in [7, 11) is 0. The third-order valence-electron chi connectivity index (χ3n) is 4.46. The molecule has 0 saturated heterocycles. The number of aliphatic carboxylic acids is 1. The summed E-state index contributed by atoms with van der Waals surface area (Å²) < 4.78 is 1.59. The molecule has 2 aromatic heterocycles. The van der Waals surface area contributed by atoms with Gasteiger partial charge in [0, 0.05) is 17.6 Å². The van der Waals surface area contributed by atoms with Gasteiger partial charge in [-0.25, -0.2) is 4.68 Å². The number of carboxylic acid groups (broad SMARTS) is 1. The van der Waals surface area contributed by atoms with Crippen LogP contribution in [0.4, 0.5) is 0 Å². The number of benzene rings is 1. The van der Waals surface area contributed by atoms with Gasteiger partial charge in [0.25, 0.3) is 5.91 Å². The van der Waals surface area contributed by atoms with E-state index in [4.69, 9.17) is 5.11 Å². The summed E-state index contributed by atoms with van der Waals surface area (Å²) in [4.78, 5) is 27.8. The Morgan fingerprint density at radius 2 is 1.96 bits per heavy atom. The molecule has 134 valence electrons. The second-order valence-corrected chi connectivity index (χ2v) is 6.17. The van der Waals surface area contributed by atoms with Gasteiger partial charge in [-0.3, -0.25) is 14.6 Å². The zero-order valence-corrected chi connectivity index (χ0v) is 14.7. The number of nitrogens with one attached hydrogen (secondary N) is 1. The van der Waals surface area contributed by atoms with Crippen LogP contribution in [-0.4, -0.2) is 43.0 Å². The van der Waals surface area contributed by atoms with Crippen molar-refractivity contribution in [3.63, 3.8) is 0 Å². The number of rotatable bonds is 5. The summed E-state index contributed by atoms with van der Waals surface area (Å²) in [5.41, 5.74) is 2.31. The van der Waals surface area contributed by atoms with Gasteiger partial charge in [-0.2, -0.15) is 0 Å². The average molecular weight is 353 g/mol. The van der Waals surface area contributed by atoms with Gasteiger partial charge in [-0.1, -0.05) is 11.3 Å². The zero-order valence-electron chi connectivity index (χ0n) is 14.7. The van der Waals surface area contributed by atoms with E-state index in [2.05, 4.69) is 20.6 Å². The number of nitrogens with zero attached hydrogens (tertiary/aromatic N) is 4. The van der Waals surface area contributed by atoms with Gasteiger partial charge in [0.05, 0.1) is 22.8 Å². The van der Waals surface area contributed by atoms with Gasteiger partial charge in [0.15, 0.2) is 5.69 Å². The first kappa shape index (κ1) is 17.5. The minimum atomic E-state index is -0.971. The second kappa shape index (κ2) is 6.91. The van der Waals surface area contributed by atoms with Crippen LogP contribution in [0.2, 0.25) is 0 Å². The first-order chi connectivity index (χ1) is 12.4. The third-order valence-corrected chi connectivity index (χ3v) is 4.46. The van der Waals surface area contributed by atoms with Crippen molar-refractivity contribution in [2.75, 3.05) is 0 Å². The van der Waals surface area contributed by atoms with Crippen molar-refractivity contribution in [2.24, 2.45) is 5.92 Å². The monoisotopic (exact) mass is 353 g/mol. The highest BCUT2D eigenvalue weighted by molar-refractivity contribution is 5.94. The van der Waals surface area contributed by atoms with Gasteiger partial charge in [-0.05, 0) is 45.0 Å². The number of hydrogen-bond acceptors (Lipinski definition) is 5. The first-order valence-corrected chi connectivity index (χ1v) is 8.20. The van der Waals surface area contributed by atoms with Crippen LogP contribution in [-0.2, 0) is 4.79 Å². The van der Waals surface area contributed by atoms with E-state index in [1.807, 2.05) is 30.3 Å². The van der Waals surface area contributed by atoms with E-state index in [1.165, 1.54) is 0 Å². The summed E-state index contributed by atoms with van der Waals surface area (Å²) in [5.74, 6) is -2.13. The van der Waals surface area contributed by atoms with Crippen molar-refractivity contribution in [3.05, 3.63) is 47.9 Å². The van der Waals surface area contributed by atoms with Gasteiger partial charge in [0.2, 0.25) is 0 Å². The van der Waals surface area contributed by atoms with Crippen LogP contribution in [0.1, 0.15) is 30.0 Å². The Bertz CT molecular complexity index is 977. The molecule has 0 aliphatic rings. The van der Waals surface area contributed by atoms with E-state index in [0.29, 0.717) is 5.69 Å². The Labute approximate surface area is 149 Å². The van der Waals surface area contributed by atoms with Crippen LogP contribution >= 0.6 is 0 Å². The average Bonchev–Trinajstić information content (AvgIpc) is 3.01. The second-order valence-electron chi connectivity index (χ2n) is 6.17. The Morgan fingerprint density at radius 1 is 1.19 bits per heavy atom. The van der Waals surface area contributed by atoms with Crippen LogP contribution < -0.4 is 5.32 Å². The Balaban J connectivity index is 1.93. The number of carbonyl (C=O) groups excluding carboxylic acids is 1. The first-order valence-electron chi connectivity index (χ1n) is 8.20. The number of carboxylic acids is 1. The van der Waals surface area contributed by atoms with E-state index in [0.717, 1.165) is 16.6 Å². The summed E-state index contributed by atoms with van der Waals surface area (Å²) in [6, 6.07) is 8.86. The molecule has 0 aliphatic heterocycles. The normalized spacial score (nSPS) is 13.3. The van der Waals surface area contributed by atoms with Gasteiger partial charge >= 0.3 is 5.97 Å². The lowest BCUT2D eigenvalue weighted by Gasteiger charge is -2.17. The standard InChI is InChI=1S/C18H19N5O3/c1-10(18(25)26)11(2)20-17(24)16-12(3)23(22-21-16)15-8-4-7-14-13(15)6-5-9-19-14/h4-11H,1-3H3,(H,20,24)(H,25,26). The molecular formula is C18H19N5O3. The molecule has 3 aromatic rings. The van der Waals surface area contributed by atoms with Crippen LogP contribution in [0.5, 0.6) is 0 Å². The van der Waals surface area contributed by atoms with Crippen LogP contribution in [0, 0.1) is 12.8 Å². The smallest absolute Gasteiger partial charge is 0.308 e. The lowest BCUT2D eigenvalue weighted by molar-refractivity contribution is -0.141. The van der Waals surface area contributed by atoms with E-state index in [1.54, 1.807) is 31.6 Å². The lowest BCUT2D eigenvalue weighted by atomic mass is 10.0. The predicted molar refractivity (Wildman–Crippen MR) is 95.1 cm³/mol. The van der Waals surface area contributed by atoms with Crippen LogP contribution in [0.15, 0.2) is 36.5 Å². The Hall–Kier alpha value is -3.29. The largest absolute Gasteiger partial charge is 0.481 e. The van der Waals surface area contributed by atoms with Crippen molar-refractivity contribution >= 4 is 22.8 Å². The molecule has 0 radical (unpaired) electrons. The van der Waals surface area contributed by atoms with Crippen molar-refractivity contribution in [3.8, 4) is 5.69 Å². The molecule has 8 nitrogen and oxygen atoms in total. The number of fused-ring (bicyclic) bond motifs is 1. The minimum absolute atomic E-state index is 0.162. The zero-order chi connectivity index (χ0) is 18.8. The van der Waals surface area contributed by atoms with Gasteiger partial charge in [-0.15, -0.1) is 5.10 Å². The van der Waals surface area contributed by atoms with Crippen molar-refractivity contribution in [1.29, 1.82) is 0 Å². The molecule has 0 spiro atoms. The maximum absolute atomic E-state index is 12.5. The molecule has 2 heterocycles. The molecule has 26 heavy (non-hydrogen) atoms. The molecule has 0 fully saturated rings. The fourth-order valence-corrected chi connectivity index (χ4v) is 2.65. The maximum Gasteiger partial charge on any atom is 0.308 e. The Morgan fingerprint density at radius 3 is 2.69 bits per heavy atom. The number of pyridine rings is 1. The molecule has 2 N–H and O–H groups in total. The van der Waals surface area contributed by atoms with Crippen molar-refractivity contribution in [1.82, 2.24) is 25.3 Å². The van der Waals surface area contributed by atoms with E-state index >= 15 is 0 Å². The molecular weight excluding hydrogens is 334 g/mol. The van der Waals surface area contributed by atoms with Crippen LogP contribution in [0.25, 0.3) is 16.6 Å². The quantitative estimate of drug-likeness (QED) is 0.725. The molecule has 3 rings (SSSR count). The molecule has 1 amide bonds. The van der Waals surface area contributed by atoms with Crippen LogP contribution in [0.3, 0.4) is 0 Å². The topological polar surface area (TPSA) is 110 Å².